The summed E-state index contributed by atoms with van der Waals surface area (Å²) in [5.74, 6) is -0.546. The molecule has 0 spiro atoms. The molecule has 0 unspecified atom stereocenters. The lowest BCUT2D eigenvalue weighted by molar-refractivity contribution is 0.0997. The minimum atomic E-state index is -0.283. The second-order valence-electron chi connectivity index (χ2n) is 5.48. The minimum absolute atomic E-state index is 0.263. The van der Waals surface area contributed by atoms with E-state index in [9.17, 15) is 9.18 Å². The molecule has 0 saturated heterocycles. The number of thiazole rings is 1. The van der Waals surface area contributed by atoms with Gasteiger partial charge >= 0.3 is 0 Å². The van der Waals surface area contributed by atoms with E-state index in [1.165, 1.54) is 23.5 Å². The van der Waals surface area contributed by atoms with Gasteiger partial charge in [-0.05, 0) is 50.6 Å². The normalized spacial score (nSPS) is 12.1. The topological polar surface area (TPSA) is 34.4 Å². The van der Waals surface area contributed by atoms with Crippen molar-refractivity contribution in [3.8, 4) is 0 Å². The highest BCUT2D eigenvalue weighted by molar-refractivity contribution is 7.16. The van der Waals surface area contributed by atoms with Crippen LogP contribution < -0.4 is 4.80 Å². The van der Waals surface area contributed by atoms with Gasteiger partial charge in [0.05, 0.1) is 10.2 Å². The highest BCUT2D eigenvalue weighted by Crippen LogP contribution is 2.19. The number of hydrogen-bond acceptors (Lipinski definition) is 2. The SMILES string of the molecule is CCn1c(=NC(=O)c2cc(C)ccc2C)sc2cc(F)ccc21. The fourth-order valence-corrected chi connectivity index (χ4v) is 3.67. The first-order valence-electron chi connectivity index (χ1n) is 7.45. The molecule has 2 aromatic carbocycles. The van der Waals surface area contributed by atoms with Crippen molar-refractivity contribution >= 4 is 27.5 Å². The Labute approximate surface area is 137 Å². The van der Waals surface area contributed by atoms with Crippen molar-refractivity contribution < 1.29 is 9.18 Å². The van der Waals surface area contributed by atoms with E-state index in [0.29, 0.717) is 16.9 Å². The maximum absolute atomic E-state index is 13.4. The van der Waals surface area contributed by atoms with E-state index in [1.54, 1.807) is 6.07 Å². The number of rotatable bonds is 2. The first kappa shape index (κ1) is 15.6. The van der Waals surface area contributed by atoms with Crippen LogP contribution >= 0.6 is 11.3 Å². The lowest BCUT2D eigenvalue weighted by Gasteiger charge is -2.03. The number of benzene rings is 2. The summed E-state index contributed by atoms with van der Waals surface area (Å²) < 4.78 is 16.1. The summed E-state index contributed by atoms with van der Waals surface area (Å²) in [6, 6.07) is 10.4. The van der Waals surface area contributed by atoms with Gasteiger partial charge in [0, 0.05) is 12.1 Å². The number of carbonyl (C=O) groups is 1. The van der Waals surface area contributed by atoms with Crippen molar-refractivity contribution in [2.24, 2.45) is 4.99 Å². The van der Waals surface area contributed by atoms with Crippen LogP contribution in [-0.4, -0.2) is 10.5 Å². The molecule has 0 atom stereocenters. The predicted octanol–water partition coefficient (Wildman–Crippen LogP) is 4.22. The Hall–Kier alpha value is -2.27. The molecule has 3 rings (SSSR count). The van der Waals surface area contributed by atoms with Crippen LogP contribution in [0.2, 0.25) is 0 Å². The van der Waals surface area contributed by atoms with Gasteiger partial charge in [-0.15, -0.1) is 0 Å². The van der Waals surface area contributed by atoms with E-state index in [1.807, 2.05) is 43.5 Å². The van der Waals surface area contributed by atoms with Crippen LogP contribution in [0, 0.1) is 19.7 Å². The van der Waals surface area contributed by atoms with Crippen LogP contribution in [0.1, 0.15) is 28.4 Å². The third-order valence-corrected chi connectivity index (χ3v) is 4.82. The molecule has 23 heavy (non-hydrogen) atoms. The average molecular weight is 328 g/mol. The molecular weight excluding hydrogens is 311 g/mol. The van der Waals surface area contributed by atoms with Gasteiger partial charge in [0.15, 0.2) is 4.80 Å². The molecule has 0 radical (unpaired) electrons. The Balaban J connectivity index is 2.17. The molecule has 0 fully saturated rings. The number of hydrogen-bond donors (Lipinski definition) is 0. The summed E-state index contributed by atoms with van der Waals surface area (Å²) in [6.45, 7) is 6.50. The Morgan fingerprint density at radius 2 is 2.00 bits per heavy atom. The predicted molar refractivity (Wildman–Crippen MR) is 91.3 cm³/mol. The standard InChI is InChI=1S/C18H17FN2OS/c1-4-21-15-8-7-13(19)10-16(15)23-18(21)20-17(22)14-9-11(2)5-6-12(14)3/h5-10H,4H2,1-3H3. The molecule has 0 aliphatic heterocycles. The Kier molecular flexibility index (Phi) is 4.13. The van der Waals surface area contributed by atoms with E-state index in [-0.39, 0.29) is 11.7 Å². The van der Waals surface area contributed by atoms with Crippen molar-refractivity contribution in [2.45, 2.75) is 27.3 Å². The quantitative estimate of drug-likeness (QED) is 0.693. The number of aryl methyl sites for hydroxylation is 3. The number of nitrogens with zero attached hydrogens (tertiary/aromatic N) is 2. The first-order chi connectivity index (χ1) is 11.0. The molecule has 5 heteroatoms. The fraction of sp³-hybridized carbons (Fsp3) is 0.222. The van der Waals surface area contributed by atoms with E-state index in [2.05, 4.69) is 4.99 Å². The first-order valence-corrected chi connectivity index (χ1v) is 8.26. The maximum atomic E-state index is 13.4. The summed E-state index contributed by atoms with van der Waals surface area (Å²) >= 11 is 1.33. The summed E-state index contributed by atoms with van der Waals surface area (Å²) in [5, 5.41) is 0. The largest absolute Gasteiger partial charge is 0.317 e. The van der Waals surface area contributed by atoms with Crippen LogP contribution in [0.5, 0.6) is 0 Å². The molecular formula is C18H17FN2OS. The fourth-order valence-electron chi connectivity index (χ4n) is 2.55. The van der Waals surface area contributed by atoms with E-state index in [4.69, 9.17) is 0 Å². The monoisotopic (exact) mass is 328 g/mol. The van der Waals surface area contributed by atoms with Crippen molar-refractivity contribution in [3.63, 3.8) is 0 Å². The smallest absolute Gasteiger partial charge is 0.279 e. The summed E-state index contributed by atoms with van der Waals surface area (Å²) in [5.41, 5.74) is 3.43. The van der Waals surface area contributed by atoms with Gasteiger partial charge in [-0.1, -0.05) is 29.0 Å². The van der Waals surface area contributed by atoms with Gasteiger partial charge < -0.3 is 4.57 Å². The number of aromatic nitrogens is 1. The lowest BCUT2D eigenvalue weighted by Crippen LogP contribution is -2.16. The van der Waals surface area contributed by atoms with Crippen molar-refractivity contribution in [2.75, 3.05) is 0 Å². The maximum Gasteiger partial charge on any atom is 0.279 e. The molecule has 1 heterocycles. The number of fused-ring (bicyclic) bond motifs is 1. The molecule has 0 saturated carbocycles. The zero-order chi connectivity index (χ0) is 16.6. The van der Waals surface area contributed by atoms with Crippen molar-refractivity contribution in [1.82, 2.24) is 4.57 Å². The van der Waals surface area contributed by atoms with Crippen molar-refractivity contribution in [3.05, 3.63) is 63.7 Å². The van der Waals surface area contributed by atoms with Gasteiger partial charge in [-0.25, -0.2) is 4.39 Å². The van der Waals surface area contributed by atoms with Gasteiger partial charge in [-0.2, -0.15) is 4.99 Å². The Morgan fingerprint density at radius 3 is 2.74 bits per heavy atom. The van der Waals surface area contributed by atoms with E-state index < -0.39 is 0 Å². The molecule has 0 bridgehead atoms. The van der Waals surface area contributed by atoms with E-state index in [0.717, 1.165) is 21.3 Å². The highest BCUT2D eigenvalue weighted by atomic mass is 32.1. The molecule has 3 aromatic rings. The molecule has 3 nitrogen and oxygen atoms in total. The summed E-state index contributed by atoms with van der Waals surface area (Å²) in [7, 11) is 0. The molecule has 0 N–H and O–H groups in total. The molecule has 0 aliphatic rings. The molecule has 0 aliphatic carbocycles. The van der Waals surface area contributed by atoms with Crippen LogP contribution in [0.3, 0.4) is 0 Å². The molecule has 1 aromatic heterocycles. The van der Waals surface area contributed by atoms with Gasteiger partial charge in [0.1, 0.15) is 5.82 Å². The average Bonchev–Trinajstić information content (AvgIpc) is 2.85. The Bertz CT molecular complexity index is 969. The van der Waals surface area contributed by atoms with E-state index >= 15 is 0 Å². The van der Waals surface area contributed by atoms with Crippen LogP contribution in [0.4, 0.5) is 4.39 Å². The van der Waals surface area contributed by atoms with Crippen molar-refractivity contribution in [1.29, 1.82) is 0 Å². The summed E-state index contributed by atoms with van der Waals surface area (Å²) in [6.07, 6.45) is 0. The van der Waals surface area contributed by atoms with Crippen LogP contribution in [0.15, 0.2) is 41.4 Å². The van der Waals surface area contributed by atoms with Crippen LogP contribution in [0.25, 0.3) is 10.2 Å². The number of carbonyl (C=O) groups excluding carboxylic acids is 1. The van der Waals surface area contributed by atoms with Crippen LogP contribution in [-0.2, 0) is 6.54 Å². The van der Waals surface area contributed by atoms with Gasteiger partial charge in [0.2, 0.25) is 0 Å². The third kappa shape index (κ3) is 2.97. The number of halogens is 1. The molecule has 1 amide bonds. The molecule has 118 valence electrons. The Morgan fingerprint density at radius 1 is 1.22 bits per heavy atom. The minimum Gasteiger partial charge on any atom is -0.317 e. The van der Waals surface area contributed by atoms with Gasteiger partial charge in [-0.3, -0.25) is 4.79 Å². The lowest BCUT2D eigenvalue weighted by atomic mass is 10.1. The summed E-state index contributed by atoms with van der Waals surface area (Å²) in [4.78, 5) is 17.4. The highest BCUT2D eigenvalue weighted by Gasteiger charge is 2.11. The second kappa shape index (κ2) is 6.08. The zero-order valence-corrected chi connectivity index (χ0v) is 14.1. The number of amides is 1. The third-order valence-electron chi connectivity index (χ3n) is 3.78. The second-order valence-corrected chi connectivity index (χ2v) is 6.49. The van der Waals surface area contributed by atoms with Gasteiger partial charge in [0.25, 0.3) is 5.91 Å². The zero-order valence-electron chi connectivity index (χ0n) is 13.3.